The van der Waals surface area contributed by atoms with Crippen LogP contribution < -0.4 is 5.73 Å². The van der Waals surface area contributed by atoms with Crippen LogP contribution in [0.4, 0.5) is 13.2 Å². The maximum Gasteiger partial charge on any atom is 0.392 e. The van der Waals surface area contributed by atoms with E-state index in [0.29, 0.717) is 34.9 Å². The average molecular weight is 340 g/mol. The Hall–Kier alpha value is -0.450. The molecule has 1 aromatic rings. The van der Waals surface area contributed by atoms with Crippen LogP contribution >= 0.6 is 23.2 Å². The lowest BCUT2D eigenvalue weighted by Crippen LogP contribution is -2.44. The molecule has 3 atom stereocenters. The van der Waals surface area contributed by atoms with Crippen LogP contribution in [0.3, 0.4) is 0 Å². The van der Waals surface area contributed by atoms with Gasteiger partial charge in [-0.25, -0.2) is 0 Å². The average Bonchev–Trinajstić information content (AvgIpc) is 2.43. The van der Waals surface area contributed by atoms with E-state index >= 15 is 0 Å². The maximum atomic E-state index is 13.1. The minimum Gasteiger partial charge on any atom is -0.327 e. The molecule has 1 aliphatic carbocycles. The number of benzene rings is 1. The molecule has 21 heavy (non-hydrogen) atoms. The molecule has 1 aliphatic rings. The molecule has 1 nitrogen and oxygen atoms in total. The first-order chi connectivity index (χ1) is 9.80. The Kier molecular flexibility index (Phi) is 5.44. The number of halogens is 5. The van der Waals surface area contributed by atoms with Gasteiger partial charge in [0.05, 0.1) is 16.0 Å². The van der Waals surface area contributed by atoms with Crippen molar-refractivity contribution in [2.24, 2.45) is 17.6 Å². The molecule has 0 amide bonds. The number of hydrogen-bond acceptors (Lipinski definition) is 1. The summed E-state index contributed by atoms with van der Waals surface area (Å²) in [4.78, 5) is 0. The molecule has 0 saturated heterocycles. The van der Waals surface area contributed by atoms with Gasteiger partial charge in [-0.15, -0.1) is 0 Å². The van der Waals surface area contributed by atoms with Crippen molar-refractivity contribution in [3.8, 4) is 0 Å². The van der Waals surface area contributed by atoms with Crippen molar-refractivity contribution in [2.75, 3.05) is 0 Å². The van der Waals surface area contributed by atoms with Gasteiger partial charge in [-0.3, -0.25) is 0 Å². The van der Waals surface area contributed by atoms with Crippen molar-refractivity contribution in [3.63, 3.8) is 0 Å². The third-order valence-corrected chi connectivity index (χ3v) is 5.14. The van der Waals surface area contributed by atoms with E-state index in [4.69, 9.17) is 28.9 Å². The Bertz CT molecular complexity index is 490. The number of rotatable bonds is 3. The topological polar surface area (TPSA) is 26.0 Å². The smallest absolute Gasteiger partial charge is 0.327 e. The molecular weight excluding hydrogens is 322 g/mol. The molecule has 6 heteroatoms. The van der Waals surface area contributed by atoms with E-state index in [1.807, 2.05) is 0 Å². The normalized spacial score (nSPS) is 24.9. The first kappa shape index (κ1) is 16.9. The van der Waals surface area contributed by atoms with Crippen LogP contribution in [-0.2, 0) is 6.42 Å². The Morgan fingerprint density at radius 2 is 1.86 bits per heavy atom. The van der Waals surface area contributed by atoms with Crippen LogP contribution in [0, 0.1) is 11.8 Å². The lowest BCUT2D eigenvalue weighted by Gasteiger charge is -2.36. The van der Waals surface area contributed by atoms with Crippen molar-refractivity contribution >= 4 is 23.2 Å². The zero-order valence-electron chi connectivity index (χ0n) is 11.5. The molecule has 2 N–H and O–H groups in total. The van der Waals surface area contributed by atoms with Crippen molar-refractivity contribution in [2.45, 2.75) is 44.3 Å². The van der Waals surface area contributed by atoms with Gasteiger partial charge in [-0.2, -0.15) is 13.2 Å². The Morgan fingerprint density at radius 3 is 2.52 bits per heavy atom. The summed E-state index contributed by atoms with van der Waals surface area (Å²) in [7, 11) is 0. The van der Waals surface area contributed by atoms with Crippen molar-refractivity contribution < 1.29 is 13.2 Å². The zero-order chi connectivity index (χ0) is 15.6. The highest BCUT2D eigenvalue weighted by molar-refractivity contribution is 6.42. The fourth-order valence-electron chi connectivity index (χ4n) is 3.19. The number of nitrogens with two attached hydrogens (primary N) is 1. The van der Waals surface area contributed by atoms with Gasteiger partial charge in [0, 0.05) is 6.04 Å². The fourth-order valence-corrected chi connectivity index (χ4v) is 3.59. The Morgan fingerprint density at radius 1 is 1.19 bits per heavy atom. The summed E-state index contributed by atoms with van der Waals surface area (Å²) >= 11 is 12.0. The van der Waals surface area contributed by atoms with Crippen molar-refractivity contribution in [1.82, 2.24) is 0 Å². The van der Waals surface area contributed by atoms with Gasteiger partial charge in [0.15, 0.2) is 0 Å². The summed E-state index contributed by atoms with van der Waals surface area (Å²) in [5, 5.41) is 0.784. The summed E-state index contributed by atoms with van der Waals surface area (Å²) in [6, 6.07) is 4.59. The zero-order valence-corrected chi connectivity index (χ0v) is 13.0. The van der Waals surface area contributed by atoms with E-state index in [1.54, 1.807) is 18.2 Å². The number of alkyl halides is 3. The van der Waals surface area contributed by atoms with Gasteiger partial charge in [0.2, 0.25) is 0 Å². The van der Waals surface area contributed by atoms with Gasteiger partial charge in [0.25, 0.3) is 0 Å². The largest absolute Gasteiger partial charge is 0.392 e. The highest BCUT2D eigenvalue weighted by Gasteiger charge is 2.47. The van der Waals surface area contributed by atoms with E-state index < -0.39 is 24.1 Å². The van der Waals surface area contributed by atoms with Crippen molar-refractivity contribution in [3.05, 3.63) is 33.8 Å². The molecule has 118 valence electrons. The Labute approximate surface area is 132 Å². The highest BCUT2D eigenvalue weighted by atomic mass is 35.5. The summed E-state index contributed by atoms with van der Waals surface area (Å²) in [6.45, 7) is 0. The van der Waals surface area contributed by atoms with Crippen LogP contribution in [0.5, 0.6) is 0 Å². The van der Waals surface area contributed by atoms with Crippen LogP contribution in [0.15, 0.2) is 18.2 Å². The molecule has 0 heterocycles. The molecule has 0 aromatic heterocycles. The molecule has 1 fully saturated rings. The van der Waals surface area contributed by atoms with E-state index in [0.717, 1.165) is 6.42 Å². The predicted molar refractivity (Wildman–Crippen MR) is 79.6 cm³/mol. The van der Waals surface area contributed by atoms with E-state index in [1.165, 1.54) is 0 Å². The second kappa shape index (κ2) is 6.76. The van der Waals surface area contributed by atoms with Crippen LogP contribution in [0.1, 0.15) is 31.2 Å². The first-order valence-corrected chi connectivity index (χ1v) is 7.81. The lowest BCUT2D eigenvalue weighted by molar-refractivity contribution is -0.198. The Balaban J connectivity index is 2.14. The highest BCUT2D eigenvalue weighted by Crippen LogP contribution is 2.43. The van der Waals surface area contributed by atoms with E-state index in [-0.39, 0.29) is 6.42 Å². The van der Waals surface area contributed by atoms with Gasteiger partial charge < -0.3 is 5.73 Å². The van der Waals surface area contributed by atoms with Gasteiger partial charge in [0.1, 0.15) is 0 Å². The van der Waals surface area contributed by atoms with E-state index in [2.05, 4.69) is 0 Å². The summed E-state index contributed by atoms with van der Waals surface area (Å²) < 4.78 is 39.4. The predicted octanol–water partition coefficient (Wildman–Crippen LogP) is 5.23. The van der Waals surface area contributed by atoms with Crippen LogP contribution in [0.25, 0.3) is 0 Å². The molecule has 0 bridgehead atoms. The second-order valence-corrected chi connectivity index (χ2v) is 6.46. The summed E-state index contributed by atoms with van der Waals surface area (Å²) in [5.74, 6) is -1.85. The summed E-state index contributed by atoms with van der Waals surface area (Å²) in [6.07, 6.45) is -1.76. The van der Waals surface area contributed by atoms with Crippen LogP contribution in [-0.4, -0.2) is 12.2 Å². The van der Waals surface area contributed by atoms with Gasteiger partial charge >= 0.3 is 6.18 Å². The molecule has 0 aliphatic heterocycles. The quantitative estimate of drug-likeness (QED) is 0.801. The SMILES string of the molecule is NC(Cc1cccc(Cl)c1Cl)C1CCCCC1C(F)(F)F. The van der Waals surface area contributed by atoms with Crippen molar-refractivity contribution in [1.29, 1.82) is 0 Å². The lowest BCUT2D eigenvalue weighted by atomic mass is 9.73. The summed E-state index contributed by atoms with van der Waals surface area (Å²) in [5.41, 5.74) is 6.80. The fraction of sp³-hybridized carbons (Fsp3) is 0.600. The molecule has 1 aromatic carbocycles. The van der Waals surface area contributed by atoms with Gasteiger partial charge in [-0.1, -0.05) is 48.2 Å². The third-order valence-electron chi connectivity index (χ3n) is 4.28. The number of hydrogen-bond donors (Lipinski definition) is 1. The van der Waals surface area contributed by atoms with Crippen LogP contribution in [0.2, 0.25) is 10.0 Å². The van der Waals surface area contributed by atoms with Gasteiger partial charge in [-0.05, 0) is 36.8 Å². The standard InChI is InChI=1S/C15H18Cl2F3N/c16-12-7-3-4-9(14(12)17)8-13(21)10-5-1-2-6-11(10)15(18,19)20/h3-4,7,10-11,13H,1-2,5-6,8,21H2. The molecular formula is C15H18Cl2F3N. The maximum absolute atomic E-state index is 13.1. The minimum atomic E-state index is -4.18. The molecule has 0 spiro atoms. The molecule has 3 unspecified atom stereocenters. The molecule has 2 rings (SSSR count). The van der Waals surface area contributed by atoms with E-state index in [9.17, 15) is 13.2 Å². The first-order valence-electron chi connectivity index (χ1n) is 7.06. The third kappa shape index (κ3) is 4.05. The molecule has 0 radical (unpaired) electrons. The molecule has 1 saturated carbocycles. The minimum absolute atomic E-state index is 0.172. The second-order valence-electron chi connectivity index (χ2n) is 5.68. The monoisotopic (exact) mass is 339 g/mol.